The van der Waals surface area contributed by atoms with Crippen molar-refractivity contribution in [1.29, 1.82) is 0 Å². The van der Waals surface area contributed by atoms with Gasteiger partial charge < -0.3 is 5.32 Å². The standard InChI is InChI=1S/C16H23FN2/c17-16-4-2-1-3-14(16)12-19-9-7-13(8-10-19)11-18-15-5-6-15/h1-4,13,15,18H,5-12H2. The molecule has 0 amide bonds. The summed E-state index contributed by atoms with van der Waals surface area (Å²) in [5, 5.41) is 3.62. The molecule has 1 saturated carbocycles. The van der Waals surface area contributed by atoms with Gasteiger partial charge in [-0.25, -0.2) is 4.39 Å². The van der Waals surface area contributed by atoms with Gasteiger partial charge in [-0.2, -0.15) is 0 Å². The lowest BCUT2D eigenvalue weighted by Gasteiger charge is -2.32. The van der Waals surface area contributed by atoms with Crippen LogP contribution < -0.4 is 5.32 Å². The van der Waals surface area contributed by atoms with Gasteiger partial charge in [-0.1, -0.05) is 18.2 Å². The van der Waals surface area contributed by atoms with Gasteiger partial charge in [0.15, 0.2) is 0 Å². The van der Waals surface area contributed by atoms with Gasteiger partial charge in [0.25, 0.3) is 0 Å². The van der Waals surface area contributed by atoms with E-state index in [4.69, 9.17) is 0 Å². The van der Waals surface area contributed by atoms with Gasteiger partial charge in [0.2, 0.25) is 0 Å². The van der Waals surface area contributed by atoms with E-state index in [1.165, 1.54) is 32.2 Å². The van der Waals surface area contributed by atoms with E-state index in [9.17, 15) is 4.39 Å². The summed E-state index contributed by atoms with van der Waals surface area (Å²) in [6.07, 6.45) is 5.22. The second-order valence-electron chi connectivity index (χ2n) is 5.99. The Morgan fingerprint density at radius 1 is 1.11 bits per heavy atom. The normalized spacial score (nSPS) is 21.7. The summed E-state index contributed by atoms with van der Waals surface area (Å²) < 4.78 is 13.6. The van der Waals surface area contributed by atoms with Crippen molar-refractivity contribution in [1.82, 2.24) is 10.2 Å². The summed E-state index contributed by atoms with van der Waals surface area (Å²) in [5.74, 6) is 0.748. The first-order chi connectivity index (χ1) is 9.31. The molecule has 1 heterocycles. The Morgan fingerprint density at radius 3 is 2.53 bits per heavy atom. The summed E-state index contributed by atoms with van der Waals surface area (Å²) >= 11 is 0. The third-order valence-corrected chi connectivity index (χ3v) is 4.33. The van der Waals surface area contributed by atoms with Crippen LogP contribution in [-0.2, 0) is 6.54 Å². The van der Waals surface area contributed by atoms with E-state index in [0.29, 0.717) is 0 Å². The first-order valence-corrected chi connectivity index (χ1v) is 7.50. The molecule has 3 rings (SSSR count). The van der Waals surface area contributed by atoms with Crippen LogP contribution in [0.4, 0.5) is 4.39 Å². The Morgan fingerprint density at radius 2 is 1.84 bits per heavy atom. The van der Waals surface area contributed by atoms with E-state index < -0.39 is 0 Å². The van der Waals surface area contributed by atoms with Gasteiger partial charge in [-0.3, -0.25) is 4.90 Å². The van der Waals surface area contributed by atoms with Crippen LogP contribution in [0.15, 0.2) is 24.3 Å². The molecule has 1 aromatic carbocycles. The summed E-state index contributed by atoms with van der Waals surface area (Å²) in [6, 6.07) is 7.95. The molecule has 0 aromatic heterocycles. The lowest BCUT2D eigenvalue weighted by Crippen LogP contribution is -2.37. The Hall–Kier alpha value is -0.930. The van der Waals surface area contributed by atoms with Crippen molar-refractivity contribution in [3.8, 4) is 0 Å². The molecule has 0 atom stereocenters. The van der Waals surface area contributed by atoms with Crippen molar-refractivity contribution in [2.45, 2.75) is 38.3 Å². The van der Waals surface area contributed by atoms with Crippen molar-refractivity contribution in [3.05, 3.63) is 35.6 Å². The summed E-state index contributed by atoms with van der Waals surface area (Å²) in [7, 11) is 0. The Labute approximate surface area is 115 Å². The molecule has 0 bridgehead atoms. The van der Waals surface area contributed by atoms with E-state index in [0.717, 1.165) is 37.2 Å². The van der Waals surface area contributed by atoms with Gasteiger partial charge in [0.05, 0.1) is 0 Å². The predicted molar refractivity (Wildman–Crippen MR) is 75.4 cm³/mol. The average Bonchev–Trinajstić information content (AvgIpc) is 3.25. The number of benzene rings is 1. The molecule has 2 nitrogen and oxygen atoms in total. The van der Waals surface area contributed by atoms with Crippen LogP contribution in [0, 0.1) is 11.7 Å². The maximum atomic E-state index is 13.6. The Kier molecular flexibility index (Phi) is 4.14. The number of halogens is 1. The molecule has 1 saturated heterocycles. The smallest absolute Gasteiger partial charge is 0.127 e. The molecule has 1 aliphatic heterocycles. The highest BCUT2D eigenvalue weighted by molar-refractivity contribution is 5.17. The highest BCUT2D eigenvalue weighted by atomic mass is 19.1. The van der Waals surface area contributed by atoms with Crippen LogP contribution in [-0.4, -0.2) is 30.6 Å². The quantitative estimate of drug-likeness (QED) is 0.878. The van der Waals surface area contributed by atoms with E-state index in [1.807, 2.05) is 12.1 Å². The minimum atomic E-state index is -0.0694. The first kappa shape index (κ1) is 13.1. The molecule has 104 valence electrons. The van der Waals surface area contributed by atoms with Crippen molar-refractivity contribution < 1.29 is 4.39 Å². The molecule has 3 heteroatoms. The van der Waals surface area contributed by atoms with Crippen LogP contribution in [0.2, 0.25) is 0 Å². The number of hydrogen-bond donors (Lipinski definition) is 1. The SMILES string of the molecule is Fc1ccccc1CN1CCC(CNC2CC2)CC1. The van der Waals surface area contributed by atoms with Crippen LogP contribution >= 0.6 is 0 Å². The van der Waals surface area contributed by atoms with E-state index >= 15 is 0 Å². The lowest BCUT2D eigenvalue weighted by atomic mass is 9.96. The lowest BCUT2D eigenvalue weighted by molar-refractivity contribution is 0.173. The molecular formula is C16H23FN2. The third-order valence-electron chi connectivity index (χ3n) is 4.33. The van der Waals surface area contributed by atoms with E-state index in [2.05, 4.69) is 10.2 Å². The summed E-state index contributed by atoms with van der Waals surface area (Å²) in [4.78, 5) is 2.38. The Bertz CT molecular complexity index is 409. The molecule has 0 spiro atoms. The van der Waals surface area contributed by atoms with Crippen LogP contribution in [0.5, 0.6) is 0 Å². The number of piperidine rings is 1. The fraction of sp³-hybridized carbons (Fsp3) is 0.625. The van der Waals surface area contributed by atoms with Crippen molar-refractivity contribution in [2.24, 2.45) is 5.92 Å². The number of nitrogens with one attached hydrogen (secondary N) is 1. The monoisotopic (exact) mass is 262 g/mol. The maximum Gasteiger partial charge on any atom is 0.127 e. The zero-order chi connectivity index (χ0) is 13.1. The number of likely N-dealkylation sites (tertiary alicyclic amines) is 1. The number of hydrogen-bond acceptors (Lipinski definition) is 2. The van der Waals surface area contributed by atoms with Crippen molar-refractivity contribution >= 4 is 0 Å². The van der Waals surface area contributed by atoms with Gasteiger partial charge in [0.1, 0.15) is 5.82 Å². The maximum absolute atomic E-state index is 13.6. The molecule has 1 aliphatic carbocycles. The molecule has 0 unspecified atom stereocenters. The second kappa shape index (κ2) is 6.02. The van der Waals surface area contributed by atoms with Crippen LogP contribution in [0.3, 0.4) is 0 Å². The largest absolute Gasteiger partial charge is 0.314 e. The minimum absolute atomic E-state index is 0.0694. The minimum Gasteiger partial charge on any atom is -0.314 e. The van der Waals surface area contributed by atoms with E-state index in [1.54, 1.807) is 12.1 Å². The van der Waals surface area contributed by atoms with Gasteiger partial charge >= 0.3 is 0 Å². The predicted octanol–water partition coefficient (Wildman–Crippen LogP) is 2.79. The van der Waals surface area contributed by atoms with Gasteiger partial charge in [-0.05, 0) is 57.3 Å². The Balaban J connectivity index is 1.43. The van der Waals surface area contributed by atoms with Crippen molar-refractivity contribution in [2.75, 3.05) is 19.6 Å². The summed E-state index contributed by atoms with van der Waals surface area (Å²) in [6.45, 7) is 4.14. The van der Waals surface area contributed by atoms with E-state index in [-0.39, 0.29) is 5.82 Å². The molecular weight excluding hydrogens is 239 g/mol. The third kappa shape index (κ3) is 3.77. The molecule has 2 fully saturated rings. The topological polar surface area (TPSA) is 15.3 Å². The molecule has 1 aromatic rings. The van der Waals surface area contributed by atoms with Gasteiger partial charge in [-0.15, -0.1) is 0 Å². The molecule has 19 heavy (non-hydrogen) atoms. The number of nitrogens with zero attached hydrogens (tertiary/aromatic N) is 1. The fourth-order valence-electron chi connectivity index (χ4n) is 2.84. The first-order valence-electron chi connectivity index (χ1n) is 7.50. The zero-order valence-electron chi connectivity index (χ0n) is 11.4. The van der Waals surface area contributed by atoms with Crippen LogP contribution in [0.25, 0.3) is 0 Å². The molecule has 2 aliphatic rings. The van der Waals surface area contributed by atoms with Crippen LogP contribution in [0.1, 0.15) is 31.2 Å². The second-order valence-corrected chi connectivity index (χ2v) is 5.99. The summed E-state index contributed by atoms with van der Waals surface area (Å²) in [5.41, 5.74) is 0.831. The van der Waals surface area contributed by atoms with Crippen molar-refractivity contribution in [3.63, 3.8) is 0 Å². The number of rotatable bonds is 5. The fourth-order valence-corrected chi connectivity index (χ4v) is 2.84. The zero-order valence-corrected chi connectivity index (χ0v) is 11.4. The highest BCUT2D eigenvalue weighted by Crippen LogP contribution is 2.22. The van der Waals surface area contributed by atoms with Gasteiger partial charge in [0, 0.05) is 18.2 Å². The highest BCUT2D eigenvalue weighted by Gasteiger charge is 2.24. The average molecular weight is 262 g/mol. The molecule has 0 radical (unpaired) electrons. The molecule has 1 N–H and O–H groups in total.